The molecule has 0 N–H and O–H groups in total. The van der Waals surface area contributed by atoms with Crippen LogP contribution < -0.4 is 4.74 Å². The molecular weight excluding hydrogens is 296 g/mol. The van der Waals surface area contributed by atoms with Gasteiger partial charge in [-0.3, -0.25) is 4.79 Å². The van der Waals surface area contributed by atoms with Crippen LogP contribution in [0.3, 0.4) is 0 Å². The minimum absolute atomic E-state index is 0.0201. The first-order valence-corrected chi connectivity index (χ1v) is 6.42. The Balaban J connectivity index is 2.39. The van der Waals surface area contributed by atoms with Gasteiger partial charge in [0.2, 0.25) is 5.78 Å². The Kier molecular flexibility index (Phi) is 3.87. The van der Waals surface area contributed by atoms with Crippen molar-refractivity contribution in [1.29, 1.82) is 0 Å². The van der Waals surface area contributed by atoms with Gasteiger partial charge in [0.25, 0.3) is 0 Å². The van der Waals surface area contributed by atoms with E-state index in [1.807, 2.05) is 26.0 Å². The van der Waals surface area contributed by atoms with E-state index in [0.717, 1.165) is 0 Å². The van der Waals surface area contributed by atoms with Gasteiger partial charge in [-0.25, -0.2) is 0 Å². The van der Waals surface area contributed by atoms with Crippen molar-refractivity contribution in [2.75, 3.05) is 0 Å². The topological polar surface area (TPSA) is 39.4 Å². The van der Waals surface area contributed by atoms with E-state index in [4.69, 9.17) is 9.15 Å². The summed E-state index contributed by atoms with van der Waals surface area (Å²) in [4.78, 5) is 12.4. The monoisotopic (exact) mass is 308 g/mol. The third-order valence-corrected chi connectivity index (χ3v) is 2.97. The summed E-state index contributed by atoms with van der Waals surface area (Å²) in [6, 6.07) is 8.84. The molecule has 0 atom stereocenters. The standard InChI is InChI=1S/C14H13BrO3/c1-9(2)18-12-6-4-3-5-10(12)13(16)11-7-8-17-14(11)15/h3-9H,1-2H3. The van der Waals surface area contributed by atoms with Crippen LogP contribution in [0.15, 0.2) is 45.7 Å². The molecule has 0 saturated heterocycles. The number of carbonyl (C=O) groups is 1. The molecule has 0 saturated carbocycles. The van der Waals surface area contributed by atoms with Crippen LogP contribution in [-0.4, -0.2) is 11.9 Å². The molecule has 1 aromatic carbocycles. The van der Waals surface area contributed by atoms with Crippen molar-refractivity contribution in [2.24, 2.45) is 0 Å². The average Bonchev–Trinajstić information content (AvgIpc) is 2.74. The number of rotatable bonds is 4. The summed E-state index contributed by atoms with van der Waals surface area (Å²) < 4.78 is 11.2. The number of ketones is 1. The molecule has 0 spiro atoms. The first kappa shape index (κ1) is 12.9. The summed E-state index contributed by atoms with van der Waals surface area (Å²) >= 11 is 3.21. The van der Waals surface area contributed by atoms with Crippen molar-refractivity contribution in [3.05, 3.63) is 52.4 Å². The Labute approximate surface area is 114 Å². The second kappa shape index (κ2) is 5.40. The zero-order valence-electron chi connectivity index (χ0n) is 10.1. The van der Waals surface area contributed by atoms with E-state index in [9.17, 15) is 4.79 Å². The summed E-state index contributed by atoms with van der Waals surface area (Å²) in [6.07, 6.45) is 1.50. The maximum Gasteiger partial charge on any atom is 0.201 e. The number of halogens is 1. The van der Waals surface area contributed by atoms with Crippen LogP contribution in [0.25, 0.3) is 0 Å². The Bertz CT molecular complexity index is 558. The fraction of sp³-hybridized carbons (Fsp3) is 0.214. The Morgan fingerprint density at radius 3 is 2.56 bits per heavy atom. The van der Waals surface area contributed by atoms with Gasteiger partial charge in [-0.2, -0.15) is 0 Å². The van der Waals surface area contributed by atoms with Crippen molar-refractivity contribution in [1.82, 2.24) is 0 Å². The first-order valence-electron chi connectivity index (χ1n) is 5.63. The van der Waals surface area contributed by atoms with Gasteiger partial charge in [0.1, 0.15) is 5.75 Å². The molecule has 1 heterocycles. The van der Waals surface area contributed by atoms with E-state index in [0.29, 0.717) is 21.5 Å². The van der Waals surface area contributed by atoms with Crippen LogP contribution in [-0.2, 0) is 0 Å². The Morgan fingerprint density at radius 1 is 1.22 bits per heavy atom. The van der Waals surface area contributed by atoms with Crippen molar-refractivity contribution in [2.45, 2.75) is 20.0 Å². The molecule has 0 aliphatic carbocycles. The highest BCUT2D eigenvalue weighted by molar-refractivity contribution is 9.10. The molecule has 0 bridgehead atoms. The molecule has 0 amide bonds. The summed E-state index contributed by atoms with van der Waals surface area (Å²) in [5, 5.41) is 0. The van der Waals surface area contributed by atoms with Crippen molar-refractivity contribution >= 4 is 21.7 Å². The molecule has 0 aliphatic rings. The highest BCUT2D eigenvalue weighted by atomic mass is 79.9. The zero-order valence-corrected chi connectivity index (χ0v) is 11.7. The first-order chi connectivity index (χ1) is 8.59. The summed E-state index contributed by atoms with van der Waals surface area (Å²) in [7, 11) is 0. The van der Waals surface area contributed by atoms with Crippen molar-refractivity contribution in [3.63, 3.8) is 0 Å². The van der Waals surface area contributed by atoms with E-state index < -0.39 is 0 Å². The molecule has 18 heavy (non-hydrogen) atoms. The van der Waals surface area contributed by atoms with Gasteiger partial charge in [0.05, 0.1) is 23.5 Å². The molecule has 0 fully saturated rings. The van der Waals surface area contributed by atoms with Gasteiger partial charge in [-0.05, 0) is 48.0 Å². The van der Waals surface area contributed by atoms with Crippen LogP contribution >= 0.6 is 15.9 Å². The lowest BCUT2D eigenvalue weighted by atomic mass is 10.1. The van der Waals surface area contributed by atoms with E-state index in [1.54, 1.807) is 18.2 Å². The lowest BCUT2D eigenvalue weighted by Gasteiger charge is -2.13. The number of furan rings is 1. The molecule has 3 nitrogen and oxygen atoms in total. The third kappa shape index (κ3) is 2.64. The van der Waals surface area contributed by atoms with Crippen LogP contribution in [0.4, 0.5) is 0 Å². The highest BCUT2D eigenvalue weighted by Crippen LogP contribution is 2.26. The van der Waals surface area contributed by atoms with E-state index in [1.165, 1.54) is 6.26 Å². The maximum absolute atomic E-state index is 12.4. The maximum atomic E-state index is 12.4. The van der Waals surface area contributed by atoms with E-state index in [-0.39, 0.29) is 11.9 Å². The molecule has 0 radical (unpaired) electrons. The number of para-hydroxylation sites is 1. The summed E-state index contributed by atoms with van der Waals surface area (Å²) in [6.45, 7) is 3.85. The van der Waals surface area contributed by atoms with Crippen LogP contribution in [0.5, 0.6) is 5.75 Å². The number of benzene rings is 1. The molecule has 0 unspecified atom stereocenters. The van der Waals surface area contributed by atoms with Gasteiger partial charge < -0.3 is 9.15 Å². The molecule has 94 valence electrons. The van der Waals surface area contributed by atoms with Gasteiger partial charge in [-0.15, -0.1) is 0 Å². The Hall–Kier alpha value is -1.55. The molecule has 2 aromatic rings. The highest BCUT2D eigenvalue weighted by Gasteiger charge is 2.19. The van der Waals surface area contributed by atoms with E-state index in [2.05, 4.69) is 15.9 Å². The van der Waals surface area contributed by atoms with Gasteiger partial charge in [0, 0.05) is 0 Å². The third-order valence-electron chi connectivity index (χ3n) is 2.36. The second-order valence-electron chi connectivity index (χ2n) is 4.10. The van der Waals surface area contributed by atoms with Gasteiger partial charge >= 0.3 is 0 Å². The SMILES string of the molecule is CC(C)Oc1ccccc1C(=O)c1ccoc1Br. The fourth-order valence-corrected chi connectivity index (χ4v) is 2.03. The van der Waals surface area contributed by atoms with Gasteiger partial charge in [0.15, 0.2) is 4.67 Å². The summed E-state index contributed by atoms with van der Waals surface area (Å²) in [5.41, 5.74) is 1.03. The minimum atomic E-state index is -0.119. The number of hydrogen-bond donors (Lipinski definition) is 0. The molecular formula is C14H13BrO3. The summed E-state index contributed by atoms with van der Waals surface area (Å²) in [5.74, 6) is 0.470. The molecule has 4 heteroatoms. The lowest BCUT2D eigenvalue weighted by Crippen LogP contribution is -2.10. The molecule has 0 aliphatic heterocycles. The van der Waals surface area contributed by atoms with Crippen LogP contribution in [0.1, 0.15) is 29.8 Å². The second-order valence-corrected chi connectivity index (χ2v) is 4.82. The van der Waals surface area contributed by atoms with Crippen LogP contribution in [0.2, 0.25) is 0 Å². The van der Waals surface area contributed by atoms with Crippen molar-refractivity contribution in [3.8, 4) is 5.75 Å². The zero-order chi connectivity index (χ0) is 13.1. The normalized spacial score (nSPS) is 10.7. The van der Waals surface area contributed by atoms with Crippen LogP contribution in [0, 0.1) is 0 Å². The smallest absolute Gasteiger partial charge is 0.201 e. The number of ether oxygens (including phenoxy) is 1. The predicted octanol–water partition coefficient (Wildman–Crippen LogP) is 4.06. The Morgan fingerprint density at radius 2 is 1.94 bits per heavy atom. The minimum Gasteiger partial charge on any atom is -0.490 e. The van der Waals surface area contributed by atoms with E-state index >= 15 is 0 Å². The fourth-order valence-electron chi connectivity index (χ4n) is 1.61. The molecule has 2 rings (SSSR count). The quantitative estimate of drug-likeness (QED) is 0.800. The van der Waals surface area contributed by atoms with Gasteiger partial charge in [-0.1, -0.05) is 12.1 Å². The number of carbonyl (C=O) groups excluding carboxylic acids is 1. The largest absolute Gasteiger partial charge is 0.490 e. The molecule has 1 aromatic heterocycles. The lowest BCUT2D eigenvalue weighted by molar-refractivity contribution is 0.103. The number of hydrogen-bond acceptors (Lipinski definition) is 3. The van der Waals surface area contributed by atoms with Crippen molar-refractivity contribution < 1.29 is 13.9 Å². The predicted molar refractivity (Wildman–Crippen MR) is 72.0 cm³/mol. The average molecular weight is 309 g/mol.